The lowest BCUT2D eigenvalue weighted by Gasteiger charge is -2.31. The largest absolute Gasteiger partial charge is 0.356 e. The van der Waals surface area contributed by atoms with Crippen LogP contribution in [-0.4, -0.2) is 66.2 Å². The molecular weight excluding hydrogens is 436 g/mol. The second kappa shape index (κ2) is 11.6. The molecule has 0 bridgehead atoms. The molecule has 0 unspecified atom stereocenters. The minimum absolute atomic E-state index is 0.0360. The molecule has 8 nitrogen and oxygen atoms in total. The first-order valence-corrected chi connectivity index (χ1v) is 12.9. The van der Waals surface area contributed by atoms with Crippen LogP contribution >= 0.6 is 11.3 Å². The Morgan fingerprint density at radius 3 is 2.76 bits per heavy atom. The van der Waals surface area contributed by atoms with E-state index >= 15 is 0 Å². The molecule has 2 aliphatic heterocycles. The third kappa shape index (κ3) is 6.29. The van der Waals surface area contributed by atoms with Crippen LogP contribution in [0.4, 0.5) is 10.3 Å². The van der Waals surface area contributed by atoms with Crippen LogP contribution in [0, 0.1) is 5.92 Å². The first kappa shape index (κ1) is 23.6. The molecule has 2 saturated heterocycles. The Morgan fingerprint density at radius 2 is 2.00 bits per heavy atom. The Balaban J connectivity index is 1.21. The fourth-order valence-electron chi connectivity index (χ4n) is 4.51. The zero-order chi connectivity index (χ0) is 23.0. The van der Waals surface area contributed by atoms with Crippen molar-refractivity contribution >= 4 is 33.4 Å². The average Bonchev–Trinajstić information content (AvgIpc) is 3.50. The van der Waals surface area contributed by atoms with Crippen molar-refractivity contribution in [3.8, 4) is 0 Å². The van der Waals surface area contributed by atoms with Gasteiger partial charge in [0, 0.05) is 45.7 Å². The number of nitrogens with one attached hydrogen (secondary N) is 1. The predicted molar refractivity (Wildman–Crippen MR) is 131 cm³/mol. The number of carbonyl (C=O) groups is 2. The molecule has 2 fully saturated rings. The molecule has 2 amide bonds. The van der Waals surface area contributed by atoms with Gasteiger partial charge < -0.3 is 10.2 Å². The zero-order valence-corrected chi connectivity index (χ0v) is 20.2. The summed E-state index contributed by atoms with van der Waals surface area (Å²) in [5, 5.41) is 13.2. The smallest absolute Gasteiger partial charge is 0.228 e. The van der Waals surface area contributed by atoms with Crippen LogP contribution < -0.4 is 15.1 Å². The van der Waals surface area contributed by atoms with Crippen molar-refractivity contribution in [2.75, 3.05) is 49.1 Å². The minimum Gasteiger partial charge on any atom is -0.356 e. The van der Waals surface area contributed by atoms with Gasteiger partial charge in [0.2, 0.25) is 22.1 Å². The molecule has 0 saturated carbocycles. The normalized spacial score (nSPS) is 18.8. The first-order chi connectivity index (χ1) is 16.1. The van der Waals surface area contributed by atoms with E-state index in [4.69, 9.17) is 0 Å². The third-order valence-electron chi connectivity index (χ3n) is 6.42. The highest BCUT2D eigenvalue weighted by Gasteiger charge is 2.30. The van der Waals surface area contributed by atoms with Crippen LogP contribution in [0.3, 0.4) is 0 Å². The number of rotatable bonds is 10. The second-order valence-corrected chi connectivity index (χ2v) is 9.73. The summed E-state index contributed by atoms with van der Waals surface area (Å²) >= 11 is 1.45. The van der Waals surface area contributed by atoms with Crippen LogP contribution in [0.5, 0.6) is 0 Å². The maximum atomic E-state index is 12.8. The lowest BCUT2D eigenvalue weighted by atomic mass is 9.97. The van der Waals surface area contributed by atoms with Gasteiger partial charge in [0.15, 0.2) is 0 Å². The van der Waals surface area contributed by atoms with Gasteiger partial charge in [-0.25, -0.2) is 0 Å². The molecule has 178 valence electrons. The Hall–Kier alpha value is -2.52. The van der Waals surface area contributed by atoms with E-state index in [0.717, 1.165) is 63.5 Å². The van der Waals surface area contributed by atoms with E-state index in [2.05, 4.69) is 56.5 Å². The molecule has 3 heterocycles. The van der Waals surface area contributed by atoms with Crippen molar-refractivity contribution < 1.29 is 9.59 Å². The predicted octanol–water partition coefficient (Wildman–Crippen LogP) is 2.91. The summed E-state index contributed by atoms with van der Waals surface area (Å²) in [6.45, 7) is 8.02. The van der Waals surface area contributed by atoms with Gasteiger partial charge >= 0.3 is 0 Å². The Morgan fingerprint density at radius 1 is 1.18 bits per heavy atom. The number of amides is 2. The monoisotopic (exact) mass is 470 g/mol. The standard InChI is InChI=1S/C24H34N6O2S/c1-2-28(17-19-9-4-3-5-10-19)14-8-13-25-22(32)20-11-6-15-29(18-20)23-26-27-24(33-23)30-16-7-12-21(30)31/h3-5,9-10,20H,2,6-8,11-18H2,1H3,(H,25,32)/t20-/m0/s1. The van der Waals surface area contributed by atoms with E-state index in [0.29, 0.717) is 24.6 Å². The van der Waals surface area contributed by atoms with Crippen molar-refractivity contribution in [2.45, 2.75) is 45.6 Å². The lowest BCUT2D eigenvalue weighted by molar-refractivity contribution is -0.125. The quantitative estimate of drug-likeness (QED) is 0.538. The van der Waals surface area contributed by atoms with E-state index in [9.17, 15) is 9.59 Å². The van der Waals surface area contributed by atoms with E-state index in [1.54, 1.807) is 4.90 Å². The molecular formula is C24H34N6O2S. The molecule has 9 heteroatoms. The highest BCUT2D eigenvalue weighted by atomic mass is 32.1. The summed E-state index contributed by atoms with van der Waals surface area (Å²) in [7, 11) is 0. The van der Waals surface area contributed by atoms with Gasteiger partial charge in [-0.1, -0.05) is 48.6 Å². The van der Waals surface area contributed by atoms with Crippen molar-refractivity contribution in [1.82, 2.24) is 20.4 Å². The maximum Gasteiger partial charge on any atom is 0.228 e. The third-order valence-corrected chi connectivity index (χ3v) is 7.42. The van der Waals surface area contributed by atoms with Gasteiger partial charge in [-0.15, -0.1) is 10.2 Å². The van der Waals surface area contributed by atoms with Crippen LogP contribution in [0.2, 0.25) is 0 Å². The van der Waals surface area contributed by atoms with Crippen LogP contribution in [-0.2, 0) is 16.1 Å². The van der Waals surface area contributed by atoms with Gasteiger partial charge in [0.25, 0.3) is 0 Å². The van der Waals surface area contributed by atoms with E-state index in [1.165, 1.54) is 16.9 Å². The molecule has 2 aromatic rings. The number of anilines is 2. The molecule has 0 radical (unpaired) electrons. The maximum absolute atomic E-state index is 12.8. The summed E-state index contributed by atoms with van der Waals surface area (Å²) in [5.74, 6) is 0.218. The highest BCUT2D eigenvalue weighted by Crippen LogP contribution is 2.32. The first-order valence-electron chi connectivity index (χ1n) is 12.1. The van der Waals surface area contributed by atoms with Crippen LogP contribution in [0.1, 0.15) is 44.6 Å². The number of carbonyl (C=O) groups excluding carboxylic acids is 2. The number of benzene rings is 1. The molecule has 0 aliphatic carbocycles. The number of hydrogen-bond donors (Lipinski definition) is 1. The molecule has 1 N–H and O–H groups in total. The fourth-order valence-corrected chi connectivity index (χ4v) is 5.43. The van der Waals surface area contributed by atoms with Crippen LogP contribution in [0.15, 0.2) is 30.3 Å². The minimum atomic E-state index is -0.0360. The highest BCUT2D eigenvalue weighted by molar-refractivity contribution is 7.19. The van der Waals surface area contributed by atoms with Crippen molar-refractivity contribution in [3.63, 3.8) is 0 Å². The number of piperidine rings is 1. The summed E-state index contributed by atoms with van der Waals surface area (Å²) in [6.07, 6.45) is 4.25. The average molecular weight is 471 g/mol. The Bertz CT molecular complexity index is 921. The van der Waals surface area contributed by atoms with Gasteiger partial charge in [0.05, 0.1) is 5.92 Å². The number of nitrogens with zero attached hydrogens (tertiary/aromatic N) is 5. The van der Waals surface area contributed by atoms with Crippen molar-refractivity contribution in [2.24, 2.45) is 5.92 Å². The van der Waals surface area contributed by atoms with Crippen LogP contribution in [0.25, 0.3) is 0 Å². The van der Waals surface area contributed by atoms with Gasteiger partial charge in [-0.05, 0) is 37.8 Å². The summed E-state index contributed by atoms with van der Waals surface area (Å²) < 4.78 is 0. The molecule has 0 spiro atoms. The summed E-state index contributed by atoms with van der Waals surface area (Å²) in [6, 6.07) is 10.5. The van der Waals surface area contributed by atoms with E-state index in [-0.39, 0.29) is 17.7 Å². The summed E-state index contributed by atoms with van der Waals surface area (Å²) in [5.41, 5.74) is 1.32. The van der Waals surface area contributed by atoms with Crippen molar-refractivity contribution in [3.05, 3.63) is 35.9 Å². The number of aromatic nitrogens is 2. The fraction of sp³-hybridized carbons (Fsp3) is 0.583. The Kier molecular flexibility index (Phi) is 8.28. The van der Waals surface area contributed by atoms with Gasteiger partial charge in [0.1, 0.15) is 0 Å². The second-order valence-electron chi connectivity index (χ2n) is 8.80. The van der Waals surface area contributed by atoms with E-state index in [1.807, 2.05) is 6.07 Å². The van der Waals surface area contributed by atoms with E-state index < -0.39 is 0 Å². The zero-order valence-electron chi connectivity index (χ0n) is 19.4. The molecule has 1 atom stereocenters. The summed E-state index contributed by atoms with van der Waals surface area (Å²) in [4.78, 5) is 31.1. The molecule has 1 aromatic carbocycles. The molecule has 4 rings (SSSR count). The molecule has 1 aromatic heterocycles. The molecule has 33 heavy (non-hydrogen) atoms. The number of hydrogen-bond acceptors (Lipinski definition) is 7. The molecule has 2 aliphatic rings. The lowest BCUT2D eigenvalue weighted by Crippen LogP contribution is -2.43. The van der Waals surface area contributed by atoms with Crippen molar-refractivity contribution in [1.29, 1.82) is 0 Å². The Labute approximate surface area is 200 Å². The van der Waals surface area contributed by atoms with Gasteiger partial charge in [-0.3, -0.25) is 19.4 Å². The van der Waals surface area contributed by atoms with Gasteiger partial charge in [-0.2, -0.15) is 0 Å². The topological polar surface area (TPSA) is 81.7 Å². The SMILES string of the molecule is CCN(CCCNC(=O)[C@H]1CCCN(c2nnc(N3CCCC3=O)s2)C1)Cc1ccccc1.